The third-order valence-corrected chi connectivity index (χ3v) is 8.02. The molecule has 1 aromatic heterocycles. The van der Waals surface area contributed by atoms with Gasteiger partial charge in [-0.15, -0.1) is 0 Å². The van der Waals surface area contributed by atoms with Gasteiger partial charge >= 0.3 is 0 Å². The SMILES string of the molecule is CNCCn1ncc(C(=O)NC(C)C2CC3CCCC(C3)C2)c1OCC1CCCCC1. The lowest BCUT2D eigenvalue weighted by atomic mass is 9.66. The second-order valence-electron chi connectivity index (χ2n) is 10.4. The maximum absolute atomic E-state index is 13.2. The van der Waals surface area contributed by atoms with Gasteiger partial charge in [0.2, 0.25) is 5.88 Å². The molecule has 3 fully saturated rings. The second-order valence-corrected chi connectivity index (χ2v) is 10.4. The zero-order valence-electron chi connectivity index (χ0n) is 19.6. The highest BCUT2D eigenvalue weighted by atomic mass is 16.5. The standard InChI is InChI=1S/C25H42N4O2/c1-18(22-14-20-9-6-10-21(13-20)15-22)28-24(30)23-16-27-29(12-11-26-2)25(23)31-17-19-7-4-3-5-8-19/h16,18-22,26H,3-15,17H2,1-2H3,(H,28,30). The molecule has 0 aliphatic heterocycles. The largest absolute Gasteiger partial charge is 0.477 e. The molecule has 3 saturated carbocycles. The molecule has 4 rings (SSSR count). The Morgan fingerprint density at radius 1 is 1.13 bits per heavy atom. The Hall–Kier alpha value is -1.56. The van der Waals surface area contributed by atoms with Crippen LogP contribution < -0.4 is 15.4 Å². The van der Waals surface area contributed by atoms with Crippen molar-refractivity contribution in [3.63, 3.8) is 0 Å². The van der Waals surface area contributed by atoms with Crippen molar-refractivity contribution in [2.24, 2.45) is 23.7 Å². The zero-order chi connectivity index (χ0) is 21.6. The first-order valence-electron chi connectivity index (χ1n) is 12.8. The zero-order valence-corrected chi connectivity index (χ0v) is 19.6. The third kappa shape index (κ3) is 5.82. The van der Waals surface area contributed by atoms with Gasteiger partial charge in [0.1, 0.15) is 5.56 Å². The Balaban J connectivity index is 1.40. The average Bonchev–Trinajstić information content (AvgIpc) is 3.19. The maximum atomic E-state index is 13.2. The van der Waals surface area contributed by atoms with Gasteiger partial charge < -0.3 is 15.4 Å². The monoisotopic (exact) mass is 430 g/mol. The normalized spacial score (nSPS) is 27.6. The van der Waals surface area contributed by atoms with Gasteiger partial charge in [0.05, 0.1) is 19.3 Å². The molecule has 3 aliphatic rings. The van der Waals surface area contributed by atoms with E-state index in [0.717, 1.165) is 18.4 Å². The van der Waals surface area contributed by atoms with E-state index in [4.69, 9.17) is 4.74 Å². The molecule has 174 valence electrons. The van der Waals surface area contributed by atoms with E-state index in [9.17, 15) is 4.79 Å². The second kappa shape index (κ2) is 10.8. The first-order valence-corrected chi connectivity index (χ1v) is 12.8. The van der Waals surface area contributed by atoms with Crippen molar-refractivity contribution >= 4 is 5.91 Å². The number of hydrogen-bond acceptors (Lipinski definition) is 4. The Kier molecular flexibility index (Phi) is 7.91. The lowest BCUT2D eigenvalue weighted by Gasteiger charge is -2.41. The van der Waals surface area contributed by atoms with Gasteiger partial charge in [0, 0.05) is 12.6 Å². The van der Waals surface area contributed by atoms with Gasteiger partial charge in [-0.25, -0.2) is 4.68 Å². The Morgan fingerprint density at radius 2 is 1.87 bits per heavy atom. The Labute approximate surface area is 187 Å². The molecule has 6 heteroatoms. The van der Waals surface area contributed by atoms with Crippen molar-refractivity contribution in [2.45, 2.75) is 90.1 Å². The van der Waals surface area contributed by atoms with Gasteiger partial charge in [-0.2, -0.15) is 5.10 Å². The fourth-order valence-corrected chi connectivity index (χ4v) is 6.20. The van der Waals surface area contributed by atoms with Crippen LogP contribution in [-0.4, -0.2) is 41.9 Å². The maximum Gasteiger partial charge on any atom is 0.258 e. The minimum Gasteiger partial charge on any atom is -0.477 e. The number of rotatable bonds is 9. The summed E-state index contributed by atoms with van der Waals surface area (Å²) in [6, 6.07) is 0.197. The van der Waals surface area contributed by atoms with Crippen LogP contribution >= 0.6 is 0 Å². The molecule has 3 atom stereocenters. The van der Waals surface area contributed by atoms with Crippen LogP contribution in [0.1, 0.15) is 87.9 Å². The van der Waals surface area contributed by atoms with Crippen molar-refractivity contribution < 1.29 is 9.53 Å². The first kappa shape index (κ1) is 22.6. The van der Waals surface area contributed by atoms with Crippen molar-refractivity contribution in [3.05, 3.63) is 11.8 Å². The van der Waals surface area contributed by atoms with Crippen LogP contribution in [-0.2, 0) is 6.54 Å². The molecule has 3 aliphatic carbocycles. The molecule has 0 saturated heterocycles. The number of nitrogens with zero attached hydrogens (tertiary/aromatic N) is 2. The molecule has 1 heterocycles. The predicted molar refractivity (Wildman–Crippen MR) is 123 cm³/mol. The molecule has 3 unspecified atom stereocenters. The highest BCUT2D eigenvalue weighted by molar-refractivity contribution is 5.96. The lowest BCUT2D eigenvalue weighted by molar-refractivity contribution is 0.0848. The summed E-state index contributed by atoms with van der Waals surface area (Å²) in [5.41, 5.74) is 0.592. The molecule has 6 nitrogen and oxygen atoms in total. The van der Waals surface area contributed by atoms with E-state index in [1.165, 1.54) is 70.6 Å². The number of carbonyl (C=O) groups excluding carboxylic acids is 1. The van der Waals surface area contributed by atoms with Crippen LogP contribution in [0, 0.1) is 23.7 Å². The number of aromatic nitrogens is 2. The van der Waals surface area contributed by atoms with Crippen LogP contribution in [0.3, 0.4) is 0 Å². The van der Waals surface area contributed by atoms with Crippen LogP contribution in [0.2, 0.25) is 0 Å². The minimum absolute atomic E-state index is 0.0300. The predicted octanol–water partition coefficient (Wildman–Crippen LogP) is 4.40. The Bertz CT molecular complexity index is 700. The van der Waals surface area contributed by atoms with Gasteiger partial charge in [-0.3, -0.25) is 4.79 Å². The fourth-order valence-electron chi connectivity index (χ4n) is 6.20. The molecule has 0 radical (unpaired) electrons. The summed E-state index contributed by atoms with van der Waals surface area (Å²) in [4.78, 5) is 13.2. The molecule has 31 heavy (non-hydrogen) atoms. The smallest absolute Gasteiger partial charge is 0.258 e. The quantitative estimate of drug-likeness (QED) is 0.609. The Morgan fingerprint density at radius 3 is 2.58 bits per heavy atom. The van der Waals surface area contributed by atoms with E-state index < -0.39 is 0 Å². The van der Waals surface area contributed by atoms with Crippen LogP contribution in [0.25, 0.3) is 0 Å². The molecule has 0 aromatic carbocycles. The van der Waals surface area contributed by atoms with Gasteiger partial charge in [0.25, 0.3) is 5.91 Å². The van der Waals surface area contributed by atoms with E-state index >= 15 is 0 Å². The van der Waals surface area contributed by atoms with Crippen molar-refractivity contribution in [1.82, 2.24) is 20.4 Å². The number of amides is 1. The minimum atomic E-state index is -0.0300. The first-order chi connectivity index (χ1) is 15.1. The van der Waals surface area contributed by atoms with E-state index in [1.54, 1.807) is 6.20 Å². The summed E-state index contributed by atoms with van der Waals surface area (Å²) in [6.45, 7) is 4.37. The number of carbonyl (C=O) groups is 1. The van der Waals surface area contributed by atoms with E-state index in [1.807, 2.05) is 11.7 Å². The number of hydrogen-bond donors (Lipinski definition) is 2. The number of nitrogens with one attached hydrogen (secondary N) is 2. The van der Waals surface area contributed by atoms with Gasteiger partial charge in [0.15, 0.2) is 0 Å². The van der Waals surface area contributed by atoms with Crippen molar-refractivity contribution in [1.29, 1.82) is 0 Å². The molecule has 2 bridgehead atoms. The van der Waals surface area contributed by atoms with E-state index in [2.05, 4.69) is 22.7 Å². The topological polar surface area (TPSA) is 68.2 Å². The summed E-state index contributed by atoms with van der Waals surface area (Å²) in [5, 5.41) is 11.0. The fraction of sp³-hybridized carbons (Fsp3) is 0.840. The van der Waals surface area contributed by atoms with Crippen molar-refractivity contribution in [3.8, 4) is 5.88 Å². The summed E-state index contributed by atoms with van der Waals surface area (Å²) < 4.78 is 8.12. The molecular formula is C25H42N4O2. The summed E-state index contributed by atoms with van der Waals surface area (Å²) in [7, 11) is 1.93. The van der Waals surface area contributed by atoms with Crippen molar-refractivity contribution in [2.75, 3.05) is 20.2 Å². The highest BCUT2D eigenvalue weighted by Gasteiger charge is 2.35. The third-order valence-electron chi connectivity index (χ3n) is 8.02. The number of ether oxygens (including phenoxy) is 1. The lowest BCUT2D eigenvalue weighted by Crippen LogP contribution is -2.42. The number of fused-ring (bicyclic) bond motifs is 2. The van der Waals surface area contributed by atoms with Gasteiger partial charge in [-0.05, 0) is 69.7 Å². The van der Waals surface area contributed by atoms with Gasteiger partial charge in [-0.1, -0.05) is 38.5 Å². The molecule has 0 spiro atoms. The van der Waals surface area contributed by atoms with E-state index in [-0.39, 0.29) is 11.9 Å². The molecule has 1 amide bonds. The molecule has 1 aromatic rings. The summed E-state index contributed by atoms with van der Waals surface area (Å²) >= 11 is 0. The summed E-state index contributed by atoms with van der Waals surface area (Å²) in [6.07, 6.45) is 16.2. The summed E-state index contributed by atoms with van der Waals surface area (Å²) in [5.74, 6) is 3.55. The van der Waals surface area contributed by atoms with Crippen LogP contribution in [0.4, 0.5) is 0 Å². The van der Waals surface area contributed by atoms with E-state index in [0.29, 0.717) is 36.4 Å². The molecule has 2 N–H and O–H groups in total. The molecular weight excluding hydrogens is 388 g/mol. The highest BCUT2D eigenvalue weighted by Crippen LogP contribution is 2.43. The average molecular weight is 431 g/mol. The van der Waals surface area contributed by atoms with Crippen LogP contribution in [0.15, 0.2) is 6.20 Å². The number of likely N-dealkylation sites (N-methyl/N-ethyl adjacent to an activating group) is 1. The van der Waals surface area contributed by atoms with Crippen LogP contribution in [0.5, 0.6) is 5.88 Å².